The molecule has 0 spiro atoms. The van der Waals surface area contributed by atoms with Crippen LogP contribution in [0.25, 0.3) is 0 Å². The third kappa shape index (κ3) is 3.31. The van der Waals surface area contributed by atoms with Gasteiger partial charge in [0.25, 0.3) is 0 Å². The van der Waals surface area contributed by atoms with E-state index < -0.39 is 0 Å². The van der Waals surface area contributed by atoms with Gasteiger partial charge in [-0.25, -0.2) is 0 Å². The van der Waals surface area contributed by atoms with Gasteiger partial charge in [0.1, 0.15) is 0 Å². The van der Waals surface area contributed by atoms with Gasteiger partial charge in [0.15, 0.2) is 0 Å². The van der Waals surface area contributed by atoms with Crippen LogP contribution < -0.4 is 10.6 Å². The van der Waals surface area contributed by atoms with E-state index in [4.69, 9.17) is 5.73 Å². The lowest BCUT2D eigenvalue weighted by molar-refractivity contribution is -0.125. The van der Waals surface area contributed by atoms with Gasteiger partial charge in [-0.1, -0.05) is 24.6 Å². The van der Waals surface area contributed by atoms with Crippen LogP contribution in [0, 0.1) is 17.8 Å². The molecule has 2 fully saturated rings. The van der Waals surface area contributed by atoms with Gasteiger partial charge in [0, 0.05) is 24.2 Å². The van der Waals surface area contributed by atoms with Crippen LogP contribution >= 0.6 is 12.4 Å². The minimum Gasteiger partial charge on any atom is -0.327 e. The molecule has 2 N–H and O–H groups in total. The molecule has 0 aliphatic heterocycles. The van der Waals surface area contributed by atoms with Crippen LogP contribution in [0.4, 0.5) is 5.69 Å². The number of hydrogen-bond acceptors (Lipinski definition) is 2. The highest BCUT2D eigenvalue weighted by atomic mass is 35.5. The summed E-state index contributed by atoms with van der Waals surface area (Å²) in [7, 11) is 0. The molecule has 2 aliphatic carbocycles. The number of amides is 1. The summed E-state index contributed by atoms with van der Waals surface area (Å²) in [6, 6.07) is 10.4. The number of carbonyl (C=O) groups excluding carboxylic acids is 1. The molecule has 3 rings (SSSR count). The fourth-order valence-electron chi connectivity index (χ4n) is 4.28. The van der Waals surface area contributed by atoms with E-state index in [2.05, 4.69) is 6.92 Å². The number of fused-ring (bicyclic) bond motifs is 2. The topological polar surface area (TPSA) is 46.3 Å². The second-order valence-electron chi connectivity index (χ2n) is 6.61. The van der Waals surface area contributed by atoms with Crippen molar-refractivity contribution in [1.29, 1.82) is 0 Å². The second kappa shape index (κ2) is 7.47. The van der Waals surface area contributed by atoms with Crippen molar-refractivity contribution in [2.45, 2.75) is 45.1 Å². The minimum atomic E-state index is 0. The van der Waals surface area contributed by atoms with Gasteiger partial charge in [-0.15, -0.1) is 12.4 Å². The third-order valence-electron chi connectivity index (χ3n) is 5.41. The highest BCUT2D eigenvalue weighted by molar-refractivity contribution is 5.95. The monoisotopic (exact) mass is 322 g/mol. The van der Waals surface area contributed by atoms with Crippen molar-refractivity contribution in [1.82, 2.24) is 0 Å². The van der Waals surface area contributed by atoms with Crippen LogP contribution in [0.2, 0.25) is 0 Å². The molecule has 0 aromatic heterocycles. The van der Waals surface area contributed by atoms with Crippen LogP contribution in [-0.4, -0.2) is 18.5 Å². The maximum atomic E-state index is 13.0. The zero-order chi connectivity index (χ0) is 14.8. The Bertz CT molecular complexity index is 479. The average Bonchev–Trinajstić information content (AvgIpc) is 2.48. The van der Waals surface area contributed by atoms with Crippen LogP contribution in [0.15, 0.2) is 30.3 Å². The van der Waals surface area contributed by atoms with E-state index >= 15 is 0 Å². The largest absolute Gasteiger partial charge is 0.327 e. The van der Waals surface area contributed by atoms with E-state index in [9.17, 15) is 4.79 Å². The van der Waals surface area contributed by atoms with Crippen LogP contribution in [0.5, 0.6) is 0 Å². The van der Waals surface area contributed by atoms with Crippen molar-refractivity contribution in [3.05, 3.63) is 30.3 Å². The van der Waals surface area contributed by atoms with E-state index in [0.717, 1.165) is 25.1 Å². The van der Waals surface area contributed by atoms with Gasteiger partial charge in [-0.2, -0.15) is 0 Å². The summed E-state index contributed by atoms with van der Waals surface area (Å²) in [5.41, 5.74) is 7.36. The zero-order valence-corrected chi connectivity index (χ0v) is 14.1. The normalized spacial score (nSPS) is 30.3. The number of rotatable bonds is 3. The van der Waals surface area contributed by atoms with Crippen molar-refractivity contribution in [2.75, 3.05) is 11.4 Å². The molecule has 0 radical (unpaired) electrons. The predicted molar refractivity (Wildman–Crippen MR) is 93.2 cm³/mol. The van der Waals surface area contributed by atoms with Crippen LogP contribution in [0.1, 0.15) is 39.0 Å². The van der Waals surface area contributed by atoms with Gasteiger partial charge >= 0.3 is 0 Å². The Morgan fingerprint density at radius 1 is 1.18 bits per heavy atom. The fraction of sp³-hybridized carbons (Fsp3) is 0.611. The molecular formula is C18H27ClN2O. The molecule has 1 aromatic rings. The number of nitrogens with zero attached hydrogens (tertiary/aromatic N) is 1. The van der Waals surface area contributed by atoms with Gasteiger partial charge in [-0.3, -0.25) is 4.79 Å². The Morgan fingerprint density at radius 2 is 1.77 bits per heavy atom. The molecular weight excluding hydrogens is 296 g/mol. The van der Waals surface area contributed by atoms with Crippen molar-refractivity contribution in [3.8, 4) is 0 Å². The highest BCUT2D eigenvalue weighted by Crippen LogP contribution is 2.42. The number of halogens is 1. The average molecular weight is 323 g/mol. The molecule has 2 atom stereocenters. The van der Waals surface area contributed by atoms with Gasteiger partial charge in [0.05, 0.1) is 0 Å². The highest BCUT2D eigenvalue weighted by Gasteiger charge is 2.41. The number of para-hydroxylation sites is 1. The molecule has 3 nitrogen and oxygen atoms in total. The number of nitrogens with two attached hydrogens (primary N) is 1. The lowest BCUT2D eigenvalue weighted by Gasteiger charge is -2.44. The maximum Gasteiger partial charge on any atom is 0.230 e. The quantitative estimate of drug-likeness (QED) is 0.924. The Labute approximate surface area is 139 Å². The maximum absolute atomic E-state index is 13.0. The van der Waals surface area contributed by atoms with E-state index in [1.54, 1.807) is 0 Å². The summed E-state index contributed by atoms with van der Waals surface area (Å²) in [6.07, 6.45) is 5.68. The van der Waals surface area contributed by atoms with Crippen molar-refractivity contribution in [3.63, 3.8) is 0 Å². The Kier molecular flexibility index (Phi) is 5.87. The first kappa shape index (κ1) is 17.3. The molecule has 2 saturated carbocycles. The summed E-state index contributed by atoms with van der Waals surface area (Å²) in [5, 5.41) is 0. The number of anilines is 1. The summed E-state index contributed by atoms with van der Waals surface area (Å²) in [4.78, 5) is 14.9. The molecule has 22 heavy (non-hydrogen) atoms. The molecule has 4 heteroatoms. The molecule has 2 bridgehead atoms. The first-order valence-corrected chi connectivity index (χ1v) is 8.32. The molecule has 1 amide bonds. The lowest BCUT2D eigenvalue weighted by Crippen LogP contribution is -2.49. The smallest absolute Gasteiger partial charge is 0.230 e. The summed E-state index contributed by atoms with van der Waals surface area (Å²) in [6.45, 7) is 2.79. The predicted octanol–water partition coefficient (Wildman–Crippen LogP) is 3.61. The zero-order valence-electron chi connectivity index (χ0n) is 13.3. The molecule has 122 valence electrons. The Hall–Kier alpha value is -1.06. The number of benzene rings is 1. The Balaban J connectivity index is 0.00000176. The summed E-state index contributed by atoms with van der Waals surface area (Å²) in [5.74, 6) is 1.58. The fourth-order valence-corrected chi connectivity index (χ4v) is 4.28. The van der Waals surface area contributed by atoms with Gasteiger partial charge in [-0.05, 0) is 56.6 Å². The van der Waals surface area contributed by atoms with Crippen LogP contribution in [-0.2, 0) is 4.79 Å². The number of carbonyl (C=O) groups is 1. The van der Waals surface area contributed by atoms with Crippen molar-refractivity contribution in [2.24, 2.45) is 23.5 Å². The van der Waals surface area contributed by atoms with Crippen molar-refractivity contribution >= 4 is 24.0 Å². The summed E-state index contributed by atoms with van der Waals surface area (Å²) >= 11 is 0. The van der Waals surface area contributed by atoms with E-state index in [0.29, 0.717) is 23.8 Å². The molecule has 1 aromatic carbocycles. The van der Waals surface area contributed by atoms with E-state index in [1.165, 1.54) is 19.3 Å². The van der Waals surface area contributed by atoms with E-state index in [-0.39, 0.29) is 18.3 Å². The minimum absolute atomic E-state index is 0. The number of hydrogen-bond donors (Lipinski definition) is 1. The second-order valence-corrected chi connectivity index (χ2v) is 6.61. The third-order valence-corrected chi connectivity index (χ3v) is 5.41. The van der Waals surface area contributed by atoms with E-state index in [1.807, 2.05) is 35.2 Å². The molecule has 2 aliphatic rings. The molecule has 0 saturated heterocycles. The van der Waals surface area contributed by atoms with Gasteiger partial charge < -0.3 is 10.6 Å². The Morgan fingerprint density at radius 3 is 2.32 bits per heavy atom. The van der Waals surface area contributed by atoms with Crippen LogP contribution in [0.3, 0.4) is 0 Å². The van der Waals surface area contributed by atoms with Crippen molar-refractivity contribution < 1.29 is 4.79 Å². The van der Waals surface area contributed by atoms with Gasteiger partial charge in [0.2, 0.25) is 5.91 Å². The standard InChI is InChI=1S/C18H26N2O.ClH/c1-2-20(16-9-4-3-5-10-16)18(21)15-11-13-7-6-8-14(12-15)17(13)19;/h3-5,9-10,13-15,17H,2,6-8,11-12,19H2,1H3;1H. The lowest BCUT2D eigenvalue weighted by atomic mass is 9.65. The molecule has 0 heterocycles. The molecule has 2 unspecified atom stereocenters. The first-order valence-electron chi connectivity index (χ1n) is 8.32. The first-order chi connectivity index (χ1) is 10.2. The summed E-state index contributed by atoms with van der Waals surface area (Å²) < 4.78 is 0. The SMILES string of the molecule is CCN(C(=O)C1CC2CCCC(C1)C2N)c1ccccc1.Cl.